The number of carbonyl (C=O) groups excluding carboxylic acids is 3. The van der Waals surface area contributed by atoms with E-state index < -0.39 is 60.2 Å². The molecule has 4 unspecified atom stereocenters. The number of carboxylic acid groups (broad SMARTS) is 2. The van der Waals surface area contributed by atoms with Gasteiger partial charge in [0.2, 0.25) is 17.7 Å². The van der Waals surface area contributed by atoms with Gasteiger partial charge in [0.25, 0.3) is 0 Å². The summed E-state index contributed by atoms with van der Waals surface area (Å²) in [5, 5.41) is 29.9. The van der Waals surface area contributed by atoms with E-state index in [-0.39, 0.29) is 12.2 Å². The van der Waals surface area contributed by atoms with Crippen LogP contribution in [0.4, 0.5) is 0 Å². The minimum Gasteiger partial charge on any atom is -0.481 e. The summed E-state index contributed by atoms with van der Waals surface area (Å²) in [6.45, 7) is 0.681. The van der Waals surface area contributed by atoms with Gasteiger partial charge in [-0.2, -0.15) is 12.6 Å². The number of hydrogen-bond donors (Lipinski definition) is 8. The number of carboxylic acids is 2. The van der Waals surface area contributed by atoms with E-state index in [1.165, 1.54) is 0 Å². The van der Waals surface area contributed by atoms with Crippen LogP contribution in [0.3, 0.4) is 0 Å². The van der Waals surface area contributed by atoms with Crippen molar-refractivity contribution in [2.45, 2.75) is 49.9 Å². The number of aromatic amines is 1. The Bertz CT molecular complexity index is 1130. The molecule has 36 heavy (non-hydrogen) atoms. The largest absolute Gasteiger partial charge is 0.481 e. The number of aromatic nitrogens is 1. The van der Waals surface area contributed by atoms with E-state index in [9.17, 15) is 34.2 Å². The molecular weight excluding hydrogens is 490 g/mol. The smallest absolute Gasteiger partial charge is 0.326 e. The average molecular weight is 520 g/mol. The maximum Gasteiger partial charge on any atom is 0.326 e. The average Bonchev–Trinajstić information content (AvgIpc) is 3.52. The summed E-state index contributed by atoms with van der Waals surface area (Å²) in [7, 11) is 0. The van der Waals surface area contributed by atoms with E-state index >= 15 is 0 Å². The number of amides is 3. The monoisotopic (exact) mass is 519 g/mol. The molecule has 0 saturated carbocycles. The molecule has 194 valence electrons. The summed E-state index contributed by atoms with van der Waals surface area (Å²) in [6.07, 6.45) is 2.23. The van der Waals surface area contributed by atoms with E-state index in [2.05, 4.69) is 38.9 Å². The fourth-order valence-electron chi connectivity index (χ4n) is 4.02. The minimum absolute atomic E-state index is 0.0669. The molecule has 1 aliphatic rings. The lowest BCUT2D eigenvalue weighted by molar-refractivity contribution is -0.143. The molecule has 2 aromatic rings. The number of hydrogen-bond acceptors (Lipinski definition) is 7. The first-order valence-electron chi connectivity index (χ1n) is 11.4. The van der Waals surface area contributed by atoms with Crippen molar-refractivity contribution in [3.8, 4) is 0 Å². The number of carbonyl (C=O) groups is 5. The van der Waals surface area contributed by atoms with Crippen LogP contribution >= 0.6 is 12.6 Å². The van der Waals surface area contributed by atoms with Crippen molar-refractivity contribution in [1.29, 1.82) is 0 Å². The number of para-hydroxylation sites is 1. The predicted molar refractivity (Wildman–Crippen MR) is 133 cm³/mol. The van der Waals surface area contributed by atoms with Crippen molar-refractivity contribution < 1.29 is 34.2 Å². The van der Waals surface area contributed by atoms with Crippen LogP contribution in [-0.2, 0) is 30.4 Å². The molecule has 1 aliphatic heterocycles. The molecule has 3 amide bonds. The van der Waals surface area contributed by atoms with Crippen LogP contribution in [0.25, 0.3) is 10.9 Å². The zero-order valence-electron chi connectivity index (χ0n) is 19.3. The zero-order valence-corrected chi connectivity index (χ0v) is 20.2. The highest BCUT2D eigenvalue weighted by atomic mass is 32.1. The van der Waals surface area contributed by atoms with Gasteiger partial charge >= 0.3 is 11.9 Å². The van der Waals surface area contributed by atoms with Crippen LogP contribution in [0, 0.1) is 0 Å². The Balaban J connectivity index is 1.68. The second-order valence-corrected chi connectivity index (χ2v) is 8.88. The second-order valence-electron chi connectivity index (χ2n) is 8.51. The fraction of sp³-hybridized carbons (Fsp3) is 0.435. The topological polar surface area (TPSA) is 190 Å². The van der Waals surface area contributed by atoms with Gasteiger partial charge in [0.1, 0.15) is 18.1 Å². The Morgan fingerprint density at radius 1 is 1.00 bits per heavy atom. The molecule has 4 atom stereocenters. The van der Waals surface area contributed by atoms with Gasteiger partial charge in [0, 0.05) is 29.3 Å². The van der Waals surface area contributed by atoms with Crippen LogP contribution in [-0.4, -0.2) is 81.3 Å². The van der Waals surface area contributed by atoms with Crippen molar-refractivity contribution in [2.75, 3.05) is 12.3 Å². The highest BCUT2D eigenvalue weighted by Gasteiger charge is 2.32. The summed E-state index contributed by atoms with van der Waals surface area (Å²) in [5.41, 5.74) is 1.45. The minimum atomic E-state index is -1.57. The van der Waals surface area contributed by atoms with Crippen LogP contribution in [0.2, 0.25) is 0 Å². The molecule has 3 rings (SSSR count). The first-order valence-corrected chi connectivity index (χ1v) is 12.1. The zero-order chi connectivity index (χ0) is 26.2. The van der Waals surface area contributed by atoms with E-state index in [4.69, 9.17) is 0 Å². The predicted octanol–water partition coefficient (Wildman–Crippen LogP) is -0.594. The summed E-state index contributed by atoms with van der Waals surface area (Å²) >= 11 is 4.08. The molecular formula is C23H29N5O7S. The fourth-order valence-corrected chi connectivity index (χ4v) is 4.28. The van der Waals surface area contributed by atoms with Crippen molar-refractivity contribution in [1.82, 2.24) is 26.3 Å². The molecule has 7 N–H and O–H groups in total. The molecule has 2 heterocycles. The number of nitrogens with one attached hydrogen (secondary N) is 5. The standard InChI is InChI=1S/C23H29N5O7S/c29-19(30)9-16(26-22(33)18(11-36)28-20(31)15-6-3-7-24-15)21(32)27-17(23(34)35)8-12-10-25-14-5-2-1-4-13(12)14/h1-2,4-5,10,15-18,24-25,36H,3,6-9,11H2,(H,26,33)(H,27,32)(H,28,31)(H,29,30)(H,34,35). The summed E-state index contributed by atoms with van der Waals surface area (Å²) < 4.78 is 0. The third-order valence-corrected chi connectivity index (χ3v) is 6.28. The first kappa shape index (κ1) is 27.0. The number of thiol groups is 1. The quantitative estimate of drug-likeness (QED) is 0.171. The Hall–Kier alpha value is -3.58. The van der Waals surface area contributed by atoms with Crippen LogP contribution in [0.1, 0.15) is 24.8 Å². The first-order chi connectivity index (χ1) is 17.2. The molecule has 0 spiro atoms. The van der Waals surface area contributed by atoms with Crippen molar-refractivity contribution in [3.63, 3.8) is 0 Å². The number of fused-ring (bicyclic) bond motifs is 1. The van der Waals surface area contributed by atoms with Crippen LogP contribution in [0.5, 0.6) is 0 Å². The highest BCUT2D eigenvalue weighted by molar-refractivity contribution is 7.80. The number of rotatable bonds is 12. The Kier molecular flexibility index (Phi) is 9.31. The lowest BCUT2D eigenvalue weighted by Crippen LogP contribution is -2.58. The number of aliphatic carboxylic acids is 2. The van der Waals surface area contributed by atoms with Gasteiger partial charge in [-0.15, -0.1) is 0 Å². The summed E-state index contributed by atoms with van der Waals surface area (Å²) in [5.74, 6) is -4.96. The van der Waals surface area contributed by atoms with E-state index in [1.54, 1.807) is 12.3 Å². The van der Waals surface area contributed by atoms with Gasteiger partial charge < -0.3 is 36.5 Å². The molecule has 1 fully saturated rings. The number of H-pyrrole nitrogens is 1. The van der Waals surface area contributed by atoms with Crippen LogP contribution < -0.4 is 21.3 Å². The van der Waals surface area contributed by atoms with Gasteiger partial charge in [0.15, 0.2) is 0 Å². The van der Waals surface area contributed by atoms with Gasteiger partial charge in [0.05, 0.1) is 12.5 Å². The molecule has 13 heteroatoms. The van der Waals surface area contributed by atoms with E-state index in [0.29, 0.717) is 18.5 Å². The Morgan fingerprint density at radius 3 is 2.33 bits per heavy atom. The van der Waals surface area contributed by atoms with E-state index in [1.807, 2.05) is 18.2 Å². The van der Waals surface area contributed by atoms with Gasteiger partial charge in [-0.25, -0.2) is 4.79 Å². The molecule has 1 saturated heterocycles. The van der Waals surface area contributed by atoms with Gasteiger partial charge in [-0.1, -0.05) is 18.2 Å². The number of benzene rings is 1. The lowest BCUT2D eigenvalue weighted by atomic mass is 10.0. The van der Waals surface area contributed by atoms with Crippen LogP contribution in [0.15, 0.2) is 30.5 Å². The summed E-state index contributed by atoms with van der Waals surface area (Å²) in [4.78, 5) is 64.3. The normalized spacial score (nSPS) is 17.6. The van der Waals surface area contributed by atoms with Crippen molar-refractivity contribution in [2.24, 2.45) is 0 Å². The van der Waals surface area contributed by atoms with Gasteiger partial charge in [-0.3, -0.25) is 19.2 Å². The SMILES string of the molecule is O=C(O)CC(NC(=O)C(CS)NC(=O)C1CCCN1)C(=O)NC(Cc1c[nH]c2ccccc12)C(=O)O. The molecule has 1 aromatic carbocycles. The lowest BCUT2D eigenvalue weighted by Gasteiger charge is -2.23. The maximum atomic E-state index is 12.9. The summed E-state index contributed by atoms with van der Waals surface area (Å²) in [6, 6.07) is 2.75. The van der Waals surface area contributed by atoms with E-state index in [0.717, 1.165) is 17.3 Å². The molecule has 12 nitrogen and oxygen atoms in total. The molecule has 1 aromatic heterocycles. The third-order valence-electron chi connectivity index (χ3n) is 5.92. The highest BCUT2D eigenvalue weighted by Crippen LogP contribution is 2.19. The molecule has 0 radical (unpaired) electrons. The molecule has 0 bridgehead atoms. The van der Waals surface area contributed by atoms with Crippen molar-refractivity contribution in [3.05, 3.63) is 36.0 Å². The Morgan fingerprint density at radius 2 is 1.69 bits per heavy atom. The maximum absolute atomic E-state index is 12.9. The second kappa shape index (κ2) is 12.4. The molecule has 0 aliphatic carbocycles. The Labute approximate surface area is 212 Å². The van der Waals surface area contributed by atoms with Crippen molar-refractivity contribution >= 4 is 53.2 Å². The van der Waals surface area contributed by atoms with Gasteiger partial charge in [-0.05, 0) is 31.0 Å². The third kappa shape index (κ3) is 6.98.